The zero-order valence-corrected chi connectivity index (χ0v) is 11.0. The van der Waals surface area contributed by atoms with Crippen molar-refractivity contribution in [1.82, 2.24) is 9.78 Å². The van der Waals surface area contributed by atoms with Crippen molar-refractivity contribution in [3.05, 3.63) is 26.6 Å². The number of hydrogen-bond donors (Lipinski definition) is 0. The van der Waals surface area contributed by atoms with Gasteiger partial charge in [-0.25, -0.2) is 4.68 Å². The van der Waals surface area contributed by atoms with Crippen LogP contribution in [0.4, 0.5) is 0 Å². The third-order valence-electron chi connectivity index (χ3n) is 2.03. The van der Waals surface area contributed by atoms with Gasteiger partial charge in [0.2, 0.25) is 0 Å². The van der Waals surface area contributed by atoms with E-state index in [-0.39, 0.29) is 10.0 Å². The van der Waals surface area contributed by atoms with Gasteiger partial charge in [0.15, 0.2) is 0 Å². The molecule has 1 aromatic rings. The van der Waals surface area contributed by atoms with Gasteiger partial charge < -0.3 is 9.47 Å². The van der Waals surface area contributed by atoms with Crippen molar-refractivity contribution in [2.24, 2.45) is 0 Å². The molecular formula is C10H14Cl2N2O3. The Kier molecular flexibility index (Phi) is 6.50. The van der Waals surface area contributed by atoms with Gasteiger partial charge in [0.05, 0.1) is 24.4 Å². The number of nitrogens with zero attached hydrogens (tertiary/aromatic N) is 2. The van der Waals surface area contributed by atoms with Crippen molar-refractivity contribution in [2.45, 2.75) is 13.0 Å². The van der Waals surface area contributed by atoms with Crippen molar-refractivity contribution >= 4 is 23.2 Å². The van der Waals surface area contributed by atoms with Crippen LogP contribution in [-0.2, 0) is 16.0 Å². The first kappa shape index (κ1) is 14.4. The maximum atomic E-state index is 11.6. The van der Waals surface area contributed by atoms with Gasteiger partial charge in [-0.05, 0) is 6.42 Å². The molecule has 0 fully saturated rings. The summed E-state index contributed by atoms with van der Waals surface area (Å²) in [5.41, 5.74) is -0.403. The second-order valence-electron chi connectivity index (χ2n) is 3.29. The van der Waals surface area contributed by atoms with Crippen LogP contribution in [0.2, 0.25) is 10.0 Å². The molecule has 0 aliphatic heterocycles. The summed E-state index contributed by atoms with van der Waals surface area (Å²) in [7, 11) is 1.64. The molecular weight excluding hydrogens is 267 g/mol. The van der Waals surface area contributed by atoms with Crippen molar-refractivity contribution in [3.63, 3.8) is 0 Å². The average Bonchev–Trinajstić information content (AvgIpc) is 2.33. The molecule has 0 saturated heterocycles. The lowest BCUT2D eigenvalue weighted by Crippen LogP contribution is -2.25. The summed E-state index contributed by atoms with van der Waals surface area (Å²) < 4.78 is 11.4. The van der Waals surface area contributed by atoms with Crippen LogP contribution in [0, 0.1) is 0 Å². The molecule has 0 bridgehead atoms. The smallest absolute Gasteiger partial charge is 0.287 e. The van der Waals surface area contributed by atoms with Crippen LogP contribution in [0.15, 0.2) is 11.0 Å². The molecule has 0 aromatic carbocycles. The van der Waals surface area contributed by atoms with E-state index in [4.69, 9.17) is 32.7 Å². The Hall–Kier alpha value is -0.620. The summed E-state index contributed by atoms with van der Waals surface area (Å²) in [4.78, 5) is 11.6. The van der Waals surface area contributed by atoms with Gasteiger partial charge in [0, 0.05) is 20.3 Å². The first-order valence-electron chi connectivity index (χ1n) is 5.14. The number of methoxy groups -OCH3 is 1. The van der Waals surface area contributed by atoms with Crippen molar-refractivity contribution in [2.75, 3.05) is 26.9 Å². The van der Waals surface area contributed by atoms with Crippen molar-refractivity contribution < 1.29 is 9.47 Å². The Bertz CT molecular complexity index is 409. The Balaban J connectivity index is 2.37. The molecule has 0 radical (unpaired) electrons. The van der Waals surface area contributed by atoms with Crippen LogP contribution in [-0.4, -0.2) is 36.7 Å². The Morgan fingerprint density at radius 1 is 1.35 bits per heavy atom. The summed E-state index contributed by atoms with van der Waals surface area (Å²) >= 11 is 11.4. The third-order valence-corrected chi connectivity index (χ3v) is 2.78. The highest BCUT2D eigenvalue weighted by Gasteiger charge is 2.06. The Morgan fingerprint density at radius 3 is 2.82 bits per heavy atom. The second kappa shape index (κ2) is 7.66. The predicted octanol–water partition coefficient (Wildman–Crippen LogP) is 1.60. The largest absolute Gasteiger partial charge is 0.385 e. The molecule has 0 spiro atoms. The standard InChI is InChI=1S/C10H14Cl2N2O3/c1-16-4-2-5-17-6-3-14-10(15)9(12)8(11)7-13-14/h7H,2-6H2,1H3. The van der Waals surface area contributed by atoms with E-state index in [0.717, 1.165) is 6.42 Å². The zero-order chi connectivity index (χ0) is 12.7. The van der Waals surface area contributed by atoms with E-state index >= 15 is 0 Å². The molecule has 1 rings (SSSR count). The number of aromatic nitrogens is 2. The monoisotopic (exact) mass is 280 g/mol. The van der Waals surface area contributed by atoms with E-state index in [9.17, 15) is 4.79 Å². The Labute approximate surface area is 109 Å². The fraction of sp³-hybridized carbons (Fsp3) is 0.600. The zero-order valence-electron chi connectivity index (χ0n) is 9.49. The molecule has 1 aromatic heterocycles. The van der Waals surface area contributed by atoms with Crippen LogP contribution < -0.4 is 5.56 Å². The topological polar surface area (TPSA) is 53.4 Å². The summed E-state index contributed by atoms with van der Waals surface area (Å²) in [5.74, 6) is 0. The molecule has 7 heteroatoms. The third kappa shape index (κ3) is 4.63. The Morgan fingerprint density at radius 2 is 2.12 bits per heavy atom. The minimum absolute atomic E-state index is 0.0129. The van der Waals surface area contributed by atoms with Crippen LogP contribution in [0.1, 0.15) is 6.42 Å². The summed E-state index contributed by atoms with van der Waals surface area (Å²) in [6.07, 6.45) is 2.16. The lowest BCUT2D eigenvalue weighted by atomic mass is 10.5. The number of rotatable bonds is 7. The minimum atomic E-state index is -0.403. The molecule has 17 heavy (non-hydrogen) atoms. The molecule has 0 unspecified atom stereocenters. The molecule has 96 valence electrons. The van der Waals surface area contributed by atoms with E-state index in [1.165, 1.54) is 10.9 Å². The summed E-state index contributed by atoms with van der Waals surface area (Å²) in [6, 6.07) is 0. The lowest BCUT2D eigenvalue weighted by Gasteiger charge is -2.06. The van der Waals surface area contributed by atoms with Gasteiger partial charge in [0.1, 0.15) is 5.02 Å². The molecule has 0 saturated carbocycles. The van der Waals surface area contributed by atoms with Gasteiger partial charge in [-0.2, -0.15) is 5.10 Å². The molecule has 0 atom stereocenters. The highest BCUT2D eigenvalue weighted by Crippen LogP contribution is 2.14. The fourth-order valence-electron chi connectivity index (χ4n) is 1.16. The van der Waals surface area contributed by atoms with E-state index in [2.05, 4.69) is 5.10 Å². The first-order chi connectivity index (χ1) is 8.16. The number of hydrogen-bond acceptors (Lipinski definition) is 4. The molecule has 0 amide bonds. The summed E-state index contributed by atoms with van der Waals surface area (Å²) in [5, 5.41) is 4.00. The van der Waals surface area contributed by atoms with Gasteiger partial charge in [-0.15, -0.1) is 0 Å². The van der Waals surface area contributed by atoms with Gasteiger partial charge in [0.25, 0.3) is 5.56 Å². The second-order valence-corrected chi connectivity index (χ2v) is 4.08. The lowest BCUT2D eigenvalue weighted by molar-refractivity contribution is 0.0954. The molecule has 1 heterocycles. The number of halogens is 2. The van der Waals surface area contributed by atoms with Crippen LogP contribution in [0.5, 0.6) is 0 Å². The van der Waals surface area contributed by atoms with Crippen LogP contribution in [0.3, 0.4) is 0 Å². The van der Waals surface area contributed by atoms with Crippen molar-refractivity contribution in [1.29, 1.82) is 0 Å². The summed E-state index contributed by atoms with van der Waals surface area (Å²) in [6.45, 7) is 1.99. The maximum Gasteiger partial charge on any atom is 0.287 e. The quantitative estimate of drug-likeness (QED) is 0.712. The van der Waals surface area contributed by atoms with Gasteiger partial charge in [-0.1, -0.05) is 23.2 Å². The van der Waals surface area contributed by atoms with E-state index in [0.29, 0.717) is 26.4 Å². The number of ether oxygens (including phenoxy) is 2. The first-order valence-corrected chi connectivity index (χ1v) is 5.90. The van der Waals surface area contributed by atoms with E-state index in [1.54, 1.807) is 7.11 Å². The van der Waals surface area contributed by atoms with Gasteiger partial charge >= 0.3 is 0 Å². The predicted molar refractivity (Wildman–Crippen MR) is 65.8 cm³/mol. The van der Waals surface area contributed by atoms with Crippen LogP contribution in [0.25, 0.3) is 0 Å². The average molecular weight is 281 g/mol. The molecule has 5 nitrogen and oxygen atoms in total. The van der Waals surface area contributed by atoms with Gasteiger partial charge in [-0.3, -0.25) is 4.79 Å². The van der Waals surface area contributed by atoms with E-state index in [1.807, 2.05) is 0 Å². The highest BCUT2D eigenvalue weighted by atomic mass is 35.5. The molecule has 0 aliphatic rings. The maximum absolute atomic E-state index is 11.6. The molecule has 0 N–H and O–H groups in total. The minimum Gasteiger partial charge on any atom is -0.385 e. The van der Waals surface area contributed by atoms with E-state index < -0.39 is 5.56 Å². The van der Waals surface area contributed by atoms with Crippen molar-refractivity contribution in [3.8, 4) is 0 Å². The molecule has 0 aliphatic carbocycles. The SMILES string of the molecule is COCCCOCCn1ncc(Cl)c(Cl)c1=O. The van der Waals surface area contributed by atoms with Crippen LogP contribution >= 0.6 is 23.2 Å². The normalized spacial score (nSPS) is 10.8. The highest BCUT2D eigenvalue weighted by molar-refractivity contribution is 6.41. The fourth-order valence-corrected chi connectivity index (χ4v) is 1.43.